The Morgan fingerprint density at radius 1 is 0.983 bits per heavy atom. The third-order valence-electron chi connectivity index (χ3n) is 11.8. The molecule has 15 heteroatoms. The van der Waals surface area contributed by atoms with E-state index in [-0.39, 0.29) is 52.1 Å². The predicted molar refractivity (Wildman–Crippen MR) is 210 cm³/mol. The number of hydrogen-bond donors (Lipinski definition) is 4. The Labute approximate surface area is 338 Å². The van der Waals surface area contributed by atoms with Crippen molar-refractivity contribution in [3.8, 4) is 11.5 Å². The number of rotatable bonds is 5. The van der Waals surface area contributed by atoms with Crippen molar-refractivity contribution in [1.82, 2.24) is 10.2 Å². The number of aromatic hydroxyl groups is 1. The number of phenolic OH excluding ortho intramolecular Hbond substituents is 1. The van der Waals surface area contributed by atoms with Crippen LogP contribution in [0.15, 0.2) is 47.5 Å². The highest BCUT2D eigenvalue weighted by Crippen LogP contribution is 2.49. The second-order valence-corrected chi connectivity index (χ2v) is 16.0. The first-order valence-corrected chi connectivity index (χ1v) is 19.6. The summed E-state index contributed by atoms with van der Waals surface area (Å²) >= 11 is 0. The molecule has 1 aromatic rings. The van der Waals surface area contributed by atoms with Gasteiger partial charge in [-0.15, -0.1) is 0 Å². The van der Waals surface area contributed by atoms with Gasteiger partial charge in [0, 0.05) is 76.0 Å². The van der Waals surface area contributed by atoms with E-state index in [9.17, 15) is 39.3 Å². The van der Waals surface area contributed by atoms with Crippen molar-refractivity contribution in [3.63, 3.8) is 0 Å². The van der Waals surface area contributed by atoms with E-state index in [1.54, 1.807) is 46.9 Å². The topological polar surface area (TPSA) is 207 Å². The fourth-order valence-corrected chi connectivity index (χ4v) is 8.23. The van der Waals surface area contributed by atoms with E-state index in [2.05, 4.69) is 5.32 Å². The number of hydrogen-bond acceptors (Lipinski definition) is 14. The third-order valence-corrected chi connectivity index (χ3v) is 11.8. The zero-order valence-electron chi connectivity index (χ0n) is 34.8. The molecule has 15 nitrogen and oxygen atoms in total. The van der Waals surface area contributed by atoms with Crippen molar-refractivity contribution in [3.05, 3.63) is 69.8 Å². The highest BCUT2D eigenvalue weighted by Gasteiger charge is 2.53. The number of allylic oxidation sites excluding steroid dienone is 4. The number of phenols is 1. The second kappa shape index (κ2) is 17.6. The van der Waals surface area contributed by atoms with Gasteiger partial charge in [-0.2, -0.15) is 0 Å². The number of ether oxygens (including phenoxy) is 5. The molecule has 1 aromatic carbocycles. The van der Waals surface area contributed by atoms with Gasteiger partial charge in [0.25, 0.3) is 11.7 Å². The molecule has 0 aromatic heterocycles. The minimum atomic E-state index is -2.08. The minimum absolute atomic E-state index is 0.00109. The number of aliphatic hydroxyl groups excluding tert-OH is 2. The smallest absolute Gasteiger partial charge is 0.312 e. The molecular formula is C43H56N2O13. The lowest BCUT2D eigenvalue weighted by atomic mass is 9.78. The van der Waals surface area contributed by atoms with Gasteiger partial charge in [-0.1, -0.05) is 45.9 Å². The van der Waals surface area contributed by atoms with Crippen LogP contribution >= 0.6 is 0 Å². The Hall–Kier alpha value is -4.83. The van der Waals surface area contributed by atoms with Gasteiger partial charge in [-0.05, 0) is 32.8 Å². The molecule has 0 saturated carbocycles. The largest absolute Gasteiger partial charge is 0.507 e. The van der Waals surface area contributed by atoms with Crippen LogP contribution in [0.1, 0.15) is 97.9 Å². The van der Waals surface area contributed by atoms with Crippen LogP contribution in [0.2, 0.25) is 0 Å². The zero-order valence-corrected chi connectivity index (χ0v) is 34.8. The van der Waals surface area contributed by atoms with Crippen LogP contribution in [0.4, 0.5) is 0 Å². The van der Waals surface area contributed by atoms with E-state index < -0.39 is 94.4 Å². The number of Topliss-reactive ketones (excluding diaryl/α,β-unsaturated/α-hetero) is 3. The monoisotopic (exact) mass is 808 g/mol. The summed E-state index contributed by atoms with van der Waals surface area (Å²) in [4.78, 5) is 71.2. The van der Waals surface area contributed by atoms with Crippen LogP contribution in [0.5, 0.6) is 11.5 Å². The number of carbonyl (C=O) groups excluding carboxylic acids is 5. The number of nitrogens with zero attached hydrogens (tertiary/aromatic N) is 1. The van der Waals surface area contributed by atoms with Crippen LogP contribution in [0, 0.1) is 30.6 Å². The number of fused-ring (bicyclic) bond motifs is 14. The quantitative estimate of drug-likeness (QED) is 0.310. The number of aliphatic hydroxyl groups is 2. The molecule has 1 saturated heterocycles. The molecule has 5 aliphatic rings. The molecule has 4 N–H and O–H groups in total. The average molecular weight is 809 g/mol. The minimum Gasteiger partial charge on any atom is -0.507 e. The van der Waals surface area contributed by atoms with E-state index in [4.69, 9.17) is 23.7 Å². The normalized spacial score (nSPS) is 32.1. The summed E-state index contributed by atoms with van der Waals surface area (Å²) in [5, 5.41) is 37.0. The van der Waals surface area contributed by atoms with E-state index in [1.165, 1.54) is 58.1 Å². The van der Waals surface area contributed by atoms with Crippen molar-refractivity contribution >= 4 is 29.2 Å². The second-order valence-electron chi connectivity index (χ2n) is 16.0. The number of esters is 1. The van der Waals surface area contributed by atoms with Crippen LogP contribution < -0.4 is 10.1 Å². The molecule has 5 bridgehead atoms. The van der Waals surface area contributed by atoms with Gasteiger partial charge in [0.15, 0.2) is 0 Å². The van der Waals surface area contributed by atoms with Gasteiger partial charge in [0.1, 0.15) is 29.0 Å². The molecule has 4 heterocycles. The van der Waals surface area contributed by atoms with Gasteiger partial charge in [0.05, 0.1) is 47.4 Å². The summed E-state index contributed by atoms with van der Waals surface area (Å²) in [7, 11) is 3.01. The Morgan fingerprint density at radius 3 is 2.29 bits per heavy atom. The maximum atomic E-state index is 14.8. The van der Waals surface area contributed by atoms with E-state index in [0.717, 1.165) is 6.42 Å². The molecule has 58 heavy (non-hydrogen) atoms. The third kappa shape index (κ3) is 8.35. The summed E-state index contributed by atoms with van der Waals surface area (Å²) in [5.74, 6) is -9.17. The molecule has 1 amide bonds. The van der Waals surface area contributed by atoms with Crippen LogP contribution in [-0.2, 0) is 28.5 Å². The lowest BCUT2D eigenvalue weighted by Crippen LogP contribution is -2.46. The molecule has 4 aliphatic heterocycles. The maximum Gasteiger partial charge on any atom is 0.312 e. The first-order valence-electron chi connectivity index (χ1n) is 19.6. The van der Waals surface area contributed by atoms with Crippen LogP contribution in [0.25, 0.3) is 0 Å². The molecule has 0 spiro atoms. The fourth-order valence-electron chi connectivity index (χ4n) is 8.23. The molecule has 6 rings (SSSR count). The molecule has 0 radical (unpaired) electrons. The van der Waals surface area contributed by atoms with Gasteiger partial charge in [0.2, 0.25) is 11.6 Å². The van der Waals surface area contributed by atoms with Gasteiger partial charge >= 0.3 is 11.8 Å². The lowest BCUT2D eigenvalue weighted by Gasteiger charge is -2.38. The summed E-state index contributed by atoms with van der Waals surface area (Å²) in [6, 6.07) is 0. The van der Waals surface area contributed by atoms with Gasteiger partial charge in [-0.25, -0.2) is 0 Å². The SMILES string of the molecule is COC1C=COC2(C)Oc3c(C)c(O)c4c(c3C2=O)C(=O)C(N(C)CC2CCCO2)=C(NC(=O)C(C)=CC=CC(C)C(O)C(C)C(O)C(C)C(OC(C)=O)C1C)C4=O. The Balaban J connectivity index is 1.67. The van der Waals surface area contributed by atoms with E-state index in [1.807, 2.05) is 0 Å². The molecule has 1 aliphatic carbocycles. The molecule has 316 valence electrons. The maximum absolute atomic E-state index is 14.8. The van der Waals surface area contributed by atoms with Crippen molar-refractivity contribution in [2.45, 2.75) is 105 Å². The predicted octanol–water partition coefficient (Wildman–Crippen LogP) is 4.07. The van der Waals surface area contributed by atoms with Crippen molar-refractivity contribution in [1.29, 1.82) is 0 Å². The highest BCUT2D eigenvalue weighted by atomic mass is 16.7. The van der Waals surface area contributed by atoms with Crippen molar-refractivity contribution < 1.29 is 63.0 Å². The number of likely N-dealkylation sites (N-methyl/N-ethyl adjacent to an activating group) is 1. The van der Waals surface area contributed by atoms with E-state index >= 15 is 0 Å². The van der Waals surface area contributed by atoms with Crippen LogP contribution in [0.3, 0.4) is 0 Å². The average Bonchev–Trinajstić information content (AvgIpc) is 3.79. The number of ketones is 3. The lowest BCUT2D eigenvalue weighted by molar-refractivity contribution is -0.160. The zero-order chi connectivity index (χ0) is 43.0. The fraction of sp³-hybridized carbons (Fsp3) is 0.558. The first kappa shape index (κ1) is 44.3. The standard InChI is InChI=1S/C43H56N2O13/c1-20-13-11-14-21(2)42(53)44-32-33(45(9)19-27-15-12-17-55-27)38(51)29-30(37(32)50)36(49)25(6)40-31(29)41(52)43(8,58-40)56-18-16-28(54-10)22(3)39(57-26(7)46)24(5)35(48)23(4)34(20)47/h11,13-14,16,18,20,22-24,27-28,34-35,39,47-49H,12,15,17,19H2,1-10H3,(H,44,53). The Morgan fingerprint density at radius 2 is 1.67 bits per heavy atom. The summed E-state index contributed by atoms with van der Waals surface area (Å²) in [5.41, 5.74) is -1.56. The molecule has 10 unspecified atom stereocenters. The number of methoxy groups -OCH3 is 1. The van der Waals surface area contributed by atoms with Crippen LogP contribution in [-0.4, -0.2) is 113 Å². The Kier molecular flexibility index (Phi) is 13.4. The number of carbonyl (C=O) groups is 5. The molecule has 1 fully saturated rings. The summed E-state index contributed by atoms with van der Waals surface area (Å²) in [6.07, 6.45) is 4.67. The Bertz CT molecular complexity index is 1960. The number of nitrogens with one attached hydrogen (secondary N) is 1. The highest BCUT2D eigenvalue weighted by molar-refractivity contribution is 6.32. The first-order chi connectivity index (χ1) is 27.2. The van der Waals surface area contributed by atoms with Crippen molar-refractivity contribution in [2.24, 2.45) is 23.7 Å². The molecule has 10 atom stereocenters. The number of amides is 1. The summed E-state index contributed by atoms with van der Waals surface area (Å²) in [6.45, 7) is 13.1. The van der Waals surface area contributed by atoms with E-state index in [0.29, 0.717) is 13.0 Å². The van der Waals surface area contributed by atoms with Gasteiger partial charge < -0.3 is 49.2 Å². The van der Waals surface area contributed by atoms with Gasteiger partial charge in [-0.3, -0.25) is 24.0 Å². The van der Waals surface area contributed by atoms with Crippen molar-refractivity contribution in [2.75, 3.05) is 27.3 Å². The number of benzene rings is 1. The molecular weight excluding hydrogens is 752 g/mol. The summed E-state index contributed by atoms with van der Waals surface area (Å²) < 4.78 is 29.3.